The summed E-state index contributed by atoms with van der Waals surface area (Å²) in [4.78, 5) is 14.7. The molecule has 1 aliphatic carbocycles. The normalized spacial score (nSPS) is 51.5. The summed E-state index contributed by atoms with van der Waals surface area (Å²) in [6.45, 7) is 12.5. The van der Waals surface area contributed by atoms with Gasteiger partial charge in [-0.2, -0.15) is 0 Å². The van der Waals surface area contributed by atoms with Crippen LogP contribution in [0.25, 0.3) is 0 Å². The predicted octanol–water partition coefficient (Wildman–Crippen LogP) is 2.92. The Kier molecular flexibility index (Phi) is 5.26. The first-order valence-electron chi connectivity index (χ1n) is 11.6. The number of hydrogen-bond donors (Lipinski definition) is 1. The lowest BCUT2D eigenvalue weighted by Crippen LogP contribution is -2.70. The molecule has 6 fully saturated rings. The summed E-state index contributed by atoms with van der Waals surface area (Å²) >= 11 is 0. The minimum Gasteiger partial charge on any atom is -0.346 e. The van der Waals surface area contributed by atoms with Crippen LogP contribution in [-0.2, 0) is 19.2 Å². The summed E-state index contributed by atoms with van der Waals surface area (Å²) in [7, 11) is 0. The van der Waals surface area contributed by atoms with E-state index in [9.17, 15) is 0 Å². The third kappa shape index (κ3) is 3.15. The van der Waals surface area contributed by atoms with E-state index in [4.69, 9.17) is 19.2 Å². The first-order chi connectivity index (χ1) is 13.5. The van der Waals surface area contributed by atoms with Crippen LogP contribution in [0.3, 0.4) is 0 Å². The molecule has 1 saturated carbocycles. The summed E-state index contributed by atoms with van der Waals surface area (Å²) in [6.07, 6.45) is 6.73. The van der Waals surface area contributed by atoms with Crippen LogP contribution >= 0.6 is 0 Å². The number of fused-ring (bicyclic) bond motifs is 2. The molecule has 5 heterocycles. The standard InChI is InChI=1S/C22H38N2O4/c1-15-6-7-18-16(2)19(5-4-12-24-13-10-23-11-14-24)25-20-22(18)17(15)8-9-21(3,26-20)27-28-22/h15-20,23H,4-14H2,1-3H3/t15-,16-,17+,18+,19-,20-,21+,22-/m1/s1. The van der Waals surface area contributed by atoms with E-state index in [0.29, 0.717) is 23.7 Å². The highest BCUT2D eigenvalue weighted by Crippen LogP contribution is 2.60. The van der Waals surface area contributed by atoms with Crippen molar-refractivity contribution in [3.05, 3.63) is 0 Å². The third-order valence-corrected chi connectivity index (χ3v) is 8.47. The van der Waals surface area contributed by atoms with E-state index in [1.165, 1.54) is 38.9 Å². The van der Waals surface area contributed by atoms with Gasteiger partial charge in [0.25, 0.3) is 0 Å². The molecular weight excluding hydrogens is 356 g/mol. The number of nitrogens with one attached hydrogen (secondary N) is 1. The fraction of sp³-hybridized carbons (Fsp3) is 1.00. The van der Waals surface area contributed by atoms with E-state index in [1.807, 2.05) is 6.92 Å². The fourth-order valence-corrected chi connectivity index (χ4v) is 6.76. The van der Waals surface area contributed by atoms with Gasteiger partial charge in [0.2, 0.25) is 5.79 Å². The average molecular weight is 395 g/mol. The first kappa shape index (κ1) is 19.7. The second kappa shape index (κ2) is 7.47. The van der Waals surface area contributed by atoms with Gasteiger partial charge in [0, 0.05) is 38.5 Å². The van der Waals surface area contributed by atoms with Gasteiger partial charge >= 0.3 is 0 Å². The Labute approximate surface area is 169 Å². The molecule has 0 aromatic rings. The number of rotatable bonds is 4. The zero-order chi connectivity index (χ0) is 19.4. The zero-order valence-corrected chi connectivity index (χ0v) is 17.8. The van der Waals surface area contributed by atoms with Crippen LogP contribution in [0.15, 0.2) is 0 Å². The Balaban J connectivity index is 1.31. The van der Waals surface area contributed by atoms with Crippen molar-refractivity contribution < 1.29 is 19.2 Å². The molecule has 5 aliphatic heterocycles. The SMILES string of the molecule is C[C@H]1[C@@H](CCCN2CCNCC2)O[C@@H]2O[C@]3(C)CC[C@H]4[C@H](C)CC[C@@H]1[C@@]24OO3. The van der Waals surface area contributed by atoms with Gasteiger partial charge in [-0.25, -0.2) is 9.78 Å². The van der Waals surface area contributed by atoms with Crippen molar-refractivity contribution in [1.82, 2.24) is 10.2 Å². The molecule has 6 nitrogen and oxygen atoms in total. The van der Waals surface area contributed by atoms with Gasteiger partial charge in [-0.15, -0.1) is 0 Å². The maximum atomic E-state index is 6.69. The van der Waals surface area contributed by atoms with Crippen molar-refractivity contribution in [2.45, 2.75) is 83.1 Å². The minimum absolute atomic E-state index is 0.254. The molecule has 6 heteroatoms. The summed E-state index contributed by atoms with van der Waals surface area (Å²) in [5.74, 6) is 1.36. The smallest absolute Gasteiger partial charge is 0.201 e. The van der Waals surface area contributed by atoms with Gasteiger partial charge in [0.05, 0.1) is 6.10 Å². The summed E-state index contributed by atoms with van der Waals surface area (Å²) in [5.41, 5.74) is -0.415. The fourth-order valence-electron chi connectivity index (χ4n) is 6.76. The molecule has 160 valence electrons. The predicted molar refractivity (Wildman–Crippen MR) is 105 cm³/mol. The average Bonchev–Trinajstić information content (AvgIpc) is 2.92. The Bertz CT molecular complexity index is 571. The van der Waals surface area contributed by atoms with Crippen LogP contribution in [0.1, 0.15) is 59.3 Å². The first-order valence-corrected chi connectivity index (χ1v) is 11.6. The summed E-state index contributed by atoms with van der Waals surface area (Å²) < 4.78 is 13.2. The van der Waals surface area contributed by atoms with Gasteiger partial charge in [-0.05, 0) is 63.3 Å². The second-order valence-corrected chi connectivity index (χ2v) is 10.2. The van der Waals surface area contributed by atoms with Crippen molar-refractivity contribution in [3.8, 4) is 0 Å². The van der Waals surface area contributed by atoms with Crippen LogP contribution in [0.2, 0.25) is 0 Å². The lowest BCUT2D eigenvalue weighted by molar-refractivity contribution is -0.571. The molecule has 0 aromatic carbocycles. The number of nitrogens with zero attached hydrogens (tertiary/aromatic N) is 1. The third-order valence-electron chi connectivity index (χ3n) is 8.47. The molecule has 6 rings (SSSR count). The van der Waals surface area contributed by atoms with E-state index in [1.54, 1.807) is 0 Å². The number of ether oxygens (including phenoxy) is 2. The molecule has 1 spiro atoms. The molecule has 0 amide bonds. The number of piperazine rings is 1. The van der Waals surface area contributed by atoms with Crippen LogP contribution in [-0.4, -0.2) is 61.4 Å². The van der Waals surface area contributed by atoms with Crippen molar-refractivity contribution in [1.29, 1.82) is 0 Å². The maximum Gasteiger partial charge on any atom is 0.201 e. The summed E-state index contributed by atoms with van der Waals surface area (Å²) in [5, 5.41) is 3.44. The quantitative estimate of drug-likeness (QED) is 0.740. The Morgan fingerprint density at radius 3 is 2.68 bits per heavy atom. The Morgan fingerprint density at radius 2 is 1.86 bits per heavy atom. The van der Waals surface area contributed by atoms with Crippen molar-refractivity contribution in [2.24, 2.45) is 23.7 Å². The van der Waals surface area contributed by atoms with Gasteiger partial charge in [-0.1, -0.05) is 13.8 Å². The Morgan fingerprint density at radius 1 is 1.04 bits per heavy atom. The van der Waals surface area contributed by atoms with Crippen LogP contribution in [0.4, 0.5) is 0 Å². The highest BCUT2D eigenvalue weighted by Gasteiger charge is 2.69. The lowest BCUT2D eigenvalue weighted by atomic mass is 9.57. The molecule has 0 aromatic heterocycles. The largest absolute Gasteiger partial charge is 0.346 e. The van der Waals surface area contributed by atoms with Crippen LogP contribution < -0.4 is 5.32 Å². The van der Waals surface area contributed by atoms with Crippen molar-refractivity contribution in [2.75, 3.05) is 32.7 Å². The highest BCUT2D eigenvalue weighted by atomic mass is 17.3. The van der Waals surface area contributed by atoms with E-state index < -0.39 is 11.4 Å². The second-order valence-electron chi connectivity index (χ2n) is 10.2. The van der Waals surface area contributed by atoms with E-state index >= 15 is 0 Å². The molecule has 28 heavy (non-hydrogen) atoms. The molecule has 2 bridgehead atoms. The highest BCUT2D eigenvalue weighted by molar-refractivity contribution is 5.09. The molecule has 5 saturated heterocycles. The van der Waals surface area contributed by atoms with Gasteiger partial charge in [-0.3, -0.25) is 0 Å². The number of hydrogen-bond acceptors (Lipinski definition) is 6. The van der Waals surface area contributed by atoms with E-state index in [0.717, 1.165) is 32.4 Å². The van der Waals surface area contributed by atoms with Crippen LogP contribution in [0, 0.1) is 23.7 Å². The summed E-state index contributed by atoms with van der Waals surface area (Å²) in [6, 6.07) is 0. The Hall–Kier alpha value is -0.240. The molecule has 6 aliphatic rings. The van der Waals surface area contributed by atoms with Crippen molar-refractivity contribution in [3.63, 3.8) is 0 Å². The minimum atomic E-state index is -0.663. The van der Waals surface area contributed by atoms with E-state index in [2.05, 4.69) is 24.1 Å². The van der Waals surface area contributed by atoms with Crippen LogP contribution in [0.5, 0.6) is 0 Å². The van der Waals surface area contributed by atoms with Gasteiger partial charge in [0.15, 0.2) is 11.9 Å². The lowest BCUT2D eigenvalue weighted by Gasteiger charge is -2.60. The molecular formula is C22H38N2O4. The maximum absolute atomic E-state index is 6.69. The molecule has 0 unspecified atom stereocenters. The zero-order valence-electron chi connectivity index (χ0n) is 17.8. The molecule has 8 atom stereocenters. The van der Waals surface area contributed by atoms with Gasteiger partial charge < -0.3 is 19.7 Å². The topological polar surface area (TPSA) is 52.2 Å². The molecule has 1 N–H and O–H groups in total. The van der Waals surface area contributed by atoms with Gasteiger partial charge in [0.1, 0.15) is 0 Å². The monoisotopic (exact) mass is 394 g/mol. The van der Waals surface area contributed by atoms with E-state index in [-0.39, 0.29) is 12.4 Å². The molecule has 0 radical (unpaired) electrons. The van der Waals surface area contributed by atoms with Crippen molar-refractivity contribution >= 4 is 0 Å².